The van der Waals surface area contributed by atoms with E-state index in [9.17, 15) is 4.79 Å². The lowest BCUT2D eigenvalue weighted by Gasteiger charge is -1.98. The summed E-state index contributed by atoms with van der Waals surface area (Å²) in [5.41, 5.74) is 0. The lowest BCUT2D eigenvalue weighted by Crippen LogP contribution is -2.13. The Hall–Kier alpha value is -0.870. The average molecular weight is 377 g/mol. The third-order valence-corrected chi connectivity index (χ3v) is 6.15. The van der Waals surface area contributed by atoms with Crippen molar-refractivity contribution >= 4 is 69.2 Å². The van der Waals surface area contributed by atoms with Gasteiger partial charge >= 0.3 is 0 Å². The summed E-state index contributed by atoms with van der Waals surface area (Å²) in [5, 5.41) is 20.0. The van der Waals surface area contributed by atoms with Gasteiger partial charge in [-0.2, -0.15) is 9.64 Å². The molecule has 0 unspecified atom stereocenters. The number of thioether (sulfide) groups is 3. The van der Waals surface area contributed by atoms with Crippen LogP contribution >= 0.6 is 58.2 Å². The van der Waals surface area contributed by atoms with Crippen molar-refractivity contribution in [3.63, 3.8) is 0 Å². The molecule has 0 radical (unpaired) electrons. The van der Waals surface area contributed by atoms with Crippen LogP contribution in [-0.2, 0) is 4.79 Å². The van der Waals surface area contributed by atoms with Gasteiger partial charge in [0.15, 0.2) is 8.68 Å². The van der Waals surface area contributed by atoms with E-state index in [2.05, 4.69) is 24.9 Å². The van der Waals surface area contributed by atoms with E-state index < -0.39 is 0 Å². The number of nitrogens with one attached hydrogen (secondary N) is 1. The van der Waals surface area contributed by atoms with Crippen molar-refractivity contribution in [1.82, 2.24) is 19.6 Å². The lowest BCUT2D eigenvalue weighted by atomic mass is 10.7. The van der Waals surface area contributed by atoms with E-state index in [4.69, 9.17) is 5.26 Å². The SMILES string of the molecule is CSc1nsc(SCC(=O)Nc2nnc(SCC#N)s2)n1. The molecular weight excluding hydrogens is 368 g/mol. The Labute approximate surface area is 141 Å². The van der Waals surface area contributed by atoms with Crippen LogP contribution in [0, 0.1) is 11.3 Å². The van der Waals surface area contributed by atoms with E-state index in [1.807, 2.05) is 12.3 Å². The van der Waals surface area contributed by atoms with Gasteiger partial charge in [-0.1, -0.05) is 46.6 Å². The van der Waals surface area contributed by atoms with Gasteiger partial charge in [-0.25, -0.2) is 4.98 Å². The summed E-state index contributed by atoms with van der Waals surface area (Å²) in [4.78, 5) is 16.0. The molecule has 0 spiro atoms. The van der Waals surface area contributed by atoms with Crippen molar-refractivity contribution in [2.75, 3.05) is 23.1 Å². The zero-order valence-corrected chi connectivity index (χ0v) is 14.7. The van der Waals surface area contributed by atoms with Gasteiger partial charge in [0.1, 0.15) is 0 Å². The van der Waals surface area contributed by atoms with Crippen molar-refractivity contribution in [2.45, 2.75) is 13.8 Å². The first kappa shape index (κ1) is 16.5. The van der Waals surface area contributed by atoms with Crippen molar-refractivity contribution in [2.24, 2.45) is 0 Å². The monoisotopic (exact) mass is 376 g/mol. The quantitative estimate of drug-likeness (QED) is 0.576. The van der Waals surface area contributed by atoms with E-state index in [1.165, 1.54) is 58.2 Å². The molecule has 0 aliphatic carbocycles. The van der Waals surface area contributed by atoms with Crippen LogP contribution in [0.4, 0.5) is 5.13 Å². The van der Waals surface area contributed by atoms with Crippen LogP contribution in [0.15, 0.2) is 13.8 Å². The molecule has 0 saturated heterocycles. The summed E-state index contributed by atoms with van der Waals surface area (Å²) in [6.07, 6.45) is 1.90. The van der Waals surface area contributed by atoms with E-state index in [-0.39, 0.29) is 11.7 Å². The average Bonchev–Trinajstić information content (AvgIpc) is 3.12. The van der Waals surface area contributed by atoms with Gasteiger partial charge in [0.2, 0.25) is 16.2 Å². The Morgan fingerprint density at radius 3 is 2.95 bits per heavy atom. The Balaban J connectivity index is 1.78. The van der Waals surface area contributed by atoms with Gasteiger partial charge in [-0.15, -0.1) is 10.2 Å². The fraction of sp³-hybridized carbons (Fsp3) is 0.333. The minimum absolute atomic E-state index is 0.172. The first-order valence-corrected chi connectivity index (χ1v) is 10.1. The molecule has 0 aromatic carbocycles. The summed E-state index contributed by atoms with van der Waals surface area (Å²) in [6.45, 7) is 0. The van der Waals surface area contributed by atoms with E-state index in [0.29, 0.717) is 20.4 Å². The molecule has 2 rings (SSSR count). The highest BCUT2D eigenvalue weighted by Gasteiger charge is 2.11. The minimum Gasteiger partial charge on any atom is -0.300 e. The number of carbonyl (C=O) groups is 1. The van der Waals surface area contributed by atoms with Gasteiger partial charge in [-0.05, 0) is 17.8 Å². The van der Waals surface area contributed by atoms with Crippen molar-refractivity contribution < 1.29 is 4.79 Å². The third kappa shape index (κ3) is 5.44. The van der Waals surface area contributed by atoms with Crippen molar-refractivity contribution in [1.29, 1.82) is 5.26 Å². The molecule has 2 aromatic rings. The van der Waals surface area contributed by atoms with Crippen molar-refractivity contribution in [3.8, 4) is 6.07 Å². The molecule has 0 saturated carbocycles. The zero-order valence-electron chi connectivity index (χ0n) is 10.6. The number of hydrogen-bond acceptors (Lipinski definition) is 11. The molecule has 1 N–H and O–H groups in total. The second kappa shape index (κ2) is 8.54. The summed E-state index contributed by atoms with van der Waals surface area (Å²) >= 11 is 6.62. The molecular formula is C9H8N6OS5. The minimum atomic E-state index is -0.172. The Kier molecular flexibility index (Phi) is 6.71. The van der Waals surface area contributed by atoms with Gasteiger partial charge in [0.25, 0.3) is 0 Å². The number of hydrogen-bond donors (Lipinski definition) is 1. The van der Waals surface area contributed by atoms with Crippen LogP contribution in [0.2, 0.25) is 0 Å². The van der Waals surface area contributed by atoms with Crippen molar-refractivity contribution in [3.05, 3.63) is 0 Å². The van der Waals surface area contributed by atoms with Crippen LogP contribution in [-0.4, -0.2) is 43.2 Å². The largest absolute Gasteiger partial charge is 0.300 e. The summed E-state index contributed by atoms with van der Waals surface area (Å²) in [7, 11) is 0. The number of nitriles is 1. The third-order valence-electron chi connectivity index (χ3n) is 1.81. The van der Waals surface area contributed by atoms with Crippen LogP contribution < -0.4 is 5.32 Å². The zero-order chi connectivity index (χ0) is 15.1. The van der Waals surface area contributed by atoms with Gasteiger partial charge in [-0.3, -0.25) is 10.1 Å². The molecule has 0 bridgehead atoms. The number of amides is 1. The van der Waals surface area contributed by atoms with Gasteiger partial charge < -0.3 is 0 Å². The number of carbonyl (C=O) groups excluding carboxylic acids is 1. The molecule has 12 heteroatoms. The highest BCUT2D eigenvalue weighted by molar-refractivity contribution is 8.02. The van der Waals surface area contributed by atoms with Crippen LogP contribution in [0.5, 0.6) is 0 Å². The second-order valence-corrected chi connectivity index (χ2v) is 8.15. The topological polar surface area (TPSA) is 104 Å². The van der Waals surface area contributed by atoms with Crippen LogP contribution in [0.1, 0.15) is 0 Å². The summed E-state index contributed by atoms with van der Waals surface area (Å²) in [6, 6.07) is 2.01. The van der Waals surface area contributed by atoms with E-state index in [1.54, 1.807) is 0 Å². The second-order valence-electron chi connectivity index (χ2n) is 3.20. The van der Waals surface area contributed by atoms with Gasteiger partial charge in [0, 0.05) is 0 Å². The fourth-order valence-electron chi connectivity index (χ4n) is 1.03. The summed E-state index contributed by atoms with van der Waals surface area (Å²) in [5.74, 6) is 0.380. The predicted octanol–water partition coefficient (Wildman–Crippen LogP) is 2.46. The number of nitrogens with zero attached hydrogens (tertiary/aromatic N) is 5. The van der Waals surface area contributed by atoms with E-state index in [0.717, 1.165) is 4.34 Å². The standard InChI is InChI=1S/C9H8N6OS5/c1-17-7-12-8(21-15-7)19-4-5(16)11-6-13-14-9(20-6)18-3-2-10/h3-4H2,1H3,(H,11,13,16). The number of aromatic nitrogens is 4. The number of anilines is 1. The van der Waals surface area contributed by atoms with Crippen LogP contribution in [0.3, 0.4) is 0 Å². The lowest BCUT2D eigenvalue weighted by molar-refractivity contribution is -0.113. The molecule has 2 heterocycles. The molecule has 0 aliphatic heterocycles. The summed E-state index contributed by atoms with van der Waals surface area (Å²) < 4.78 is 5.54. The first-order valence-electron chi connectivity index (χ1n) is 5.35. The van der Waals surface area contributed by atoms with E-state index >= 15 is 0 Å². The molecule has 21 heavy (non-hydrogen) atoms. The molecule has 1 amide bonds. The molecule has 0 atom stereocenters. The molecule has 110 valence electrons. The predicted molar refractivity (Wildman–Crippen MR) is 87.3 cm³/mol. The maximum Gasteiger partial charge on any atom is 0.236 e. The highest BCUT2D eigenvalue weighted by atomic mass is 32.2. The Morgan fingerprint density at radius 2 is 2.24 bits per heavy atom. The highest BCUT2D eigenvalue weighted by Crippen LogP contribution is 2.26. The van der Waals surface area contributed by atoms with Crippen LogP contribution in [0.25, 0.3) is 0 Å². The Morgan fingerprint density at radius 1 is 1.38 bits per heavy atom. The maximum absolute atomic E-state index is 11.8. The van der Waals surface area contributed by atoms with Gasteiger partial charge in [0.05, 0.1) is 17.6 Å². The molecule has 7 nitrogen and oxygen atoms in total. The maximum atomic E-state index is 11.8. The number of rotatable bonds is 7. The first-order chi connectivity index (χ1) is 10.2. The molecule has 0 fully saturated rings. The smallest absolute Gasteiger partial charge is 0.236 e. The fourth-order valence-corrected chi connectivity index (χ4v) is 4.47. The Bertz CT molecular complexity index is 649. The molecule has 2 aromatic heterocycles. The normalized spacial score (nSPS) is 10.3. The molecule has 0 aliphatic rings.